The van der Waals surface area contributed by atoms with Gasteiger partial charge in [-0.15, -0.1) is 0 Å². The van der Waals surface area contributed by atoms with Crippen LogP contribution in [0, 0.1) is 5.82 Å². The molecule has 3 nitrogen and oxygen atoms in total. The van der Waals surface area contributed by atoms with Crippen LogP contribution in [0.1, 0.15) is 10.4 Å². The molecule has 0 aliphatic heterocycles. The molecule has 0 aromatic heterocycles. The molecule has 0 heterocycles. The lowest BCUT2D eigenvalue weighted by atomic mass is 10.2. The van der Waals surface area contributed by atoms with Crippen molar-refractivity contribution < 1.29 is 9.18 Å². The van der Waals surface area contributed by atoms with Gasteiger partial charge in [-0.2, -0.15) is 0 Å². The van der Waals surface area contributed by atoms with E-state index in [0.717, 1.165) is 5.69 Å². The van der Waals surface area contributed by atoms with Crippen LogP contribution < -0.4 is 10.6 Å². The van der Waals surface area contributed by atoms with E-state index in [1.807, 2.05) is 0 Å². The zero-order valence-electron chi connectivity index (χ0n) is 10.2. The van der Waals surface area contributed by atoms with E-state index >= 15 is 0 Å². The molecule has 2 aromatic carbocycles. The zero-order valence-corrected chi connectivity index (χ0v) is 11.0. The fraction of sp³-hybridized carbons (Fsp3) is 0.0714. The summed E-state index contributed by atoms with van der Waals surface area (Å²) in [4.78, 5) is 11.9. The number of hydrogen-bond acceptors (Lipinski definition) is 2. The van der Waals surface area contributed by atoms with Crippen molar-refractivity contribution in [3.63, 3.8) is 0 Å². The van der Waals surface area contributed by atoms with Gasteiger partial charge in [0.15, 0.2) is 0 Å². The van der Waals surface area contributed by atoms with E-state index in [1.165, 1.54) is 18.2 Å². The standard InChI is InChI=1S/C14H12ClFN2O/c1-17-10-4-2-9(3-5-10)14(19)18-11-6-7-13(16)12(15)8-11/h2-8,17H,1H3,(H,18,19). The summed E-state index contributed by atoms with van der Waals surface area (Å²) in [7, 11) is 1.80. The molecule has 0 bridgehead atoms. The summed E-state index contributed by atoms with van der Waals surface area (Å²) in [6.07, 6.45) is 0. The predicted octanol–water partition coefficient (Wildman–Crippen LogP) is 3.77. The number of amides is 1. The highest BCUT2D eigenvalue weighted by molar-refractivity contribution is 6.31. The maximum atomic E-state index is 13.0. The van der Waals surface area contributed by atoms with Crippen molar-refractivity contribution in [3.05, 3.63) is 58.9 Å². The molecule has 0 unspecified atom stereocenters. The quantitative estimate of drug-likeness (QED) is 0.897. The van der Waals surface area contributed by atoms with Crippen LogP contribution in [0.2, 0.25) is 5.02 Å². The van der Waals surface area contributed by atoms with Crippen molar-refractivity contribution in [1.29, 1.82) is 0 Å². The van der Waals surface area contributed by atoms with Gasteiger partial charge in [0.05, 0.1) is 5.02 Å². The van der Waals surface area contributed by atoms with Gasteiger partial charge in [0.2, 0.25) is 0 Å². The van der Waals surface area contributed by atoms with E-state index in [9.17, 15) is 9.18 Å². The Morgan fingerprint density at radius 2 is 1.74 bits per heavy atom. The Hall–Kier alpha value is -2.07. The first kappa shape index (κ1) is 13.4. The number of carbonyl (C=O) groups is 1. The van der Waals surface area contributed by atoms with Crippen LogP contribution in [0.3, 0.4) is 0 Å². The van der Waals surface area contributed by atoms with Crippen molar-refractivity contribution >= 4 is 28.9 Å². The molecule has 98 valence electrons. The molecule has 5 heteroatoms. The molecule has 0 saturated carbocycles. The minimum Gasteiger partial charge on any atom is -0.388 e. The van der Waals surface area contributed by atoms with Gasteiger partial charge in [-0.25, -0.2) is 4.39 Å². The van der Waals surface area contributed by atoms with Crippen LogP contribution in [0.4, 0.5) is 15.8 Å². The highest BCUT2D eigenvalue weighted by Crippen LogP contribution is 2.20. The van der Waals surface area contributed by atoms with Crippen LogP contribution >= 0.6 is 11.6 Å². The lowest BCUT2D eigenvalue weighted by molar-refractivity contribution is 0.102. The summed E-state index contributed by atoms with van der Waals surface area (Å²) in [5.74, 6) is -0.789. The highest BCUT2D eigenvalue weighted by atomic mass is 35.5. The molecule has 2 aromatic rings. The van der Waals surface area contributed by atoms with Gasteiger partial charge >= 0.3 is 0 Å². The van der Waals surface area contributed by atoms with Crippen LogP contribution in [0.25, 0.3) is 0 Å². The molecule has 0 fully saturated rings. The molecule has 2 rings (SSSR count). The van der Waals surface area contributed by atoms with E-state index in [-0.39, 0.29) is 10.9 Å². The van der Waals surface area contributed by atoms with Gasteiger partial charge in [-0.1, -0.05) is 11.6 Å². The van der Waals surface area contributed by atoms with E-state index < -0.39 is 5.82 Å². The molecule has 0 atom stereocenters. The fourth-order valence-corrected chi connectivity index (χ4v) is 1.75. The van der Waals surface area contributed by atoms with Gasteiger partial charge in [-0.3, -0.25) is 4.79 Å². The first-order valence-electron chi connectivity index (χ1n) is 5.64. The normalized spacial score (nSPS) is 10.1. The lowest BCUT2D eigenvalue weighted by Gasteiger charge is -2.07. The molecule has 0 aliphatic rings. The summed E-state index contributed by atoms with van der Waals surface area (Å²) in [6, 6.07) is 11.0. The van der Waals surface area contributed by atoms with E-state index in [0.29, 0.717) is 11.3 Å². The molecule has 19 heavy (non-hydrogen) atoms. The van der Waals surface area contributed by atoms with Crippen molar-refractivity contribution in [1.82, 2.24) is 0 Å². The Bertz CT molecular complexity index is 599. The molecule has 2 N–H and O–H groups in total. The maximum absolute atomic E-state index is 13.0. The lowest BCUT2D eigenvalue weighted by Crippen LogP contribution is -2.11. The molecule has 1 amide bonds. The van der Waals surface area contributed by atoms with E-state index in [2.05, 4.69) is 10.6 Å². The number of hydrogen-bond donors (Lipinski definition) is 2. The number of halogens is 2. The van der Waals surface area contributed by atoms with E-state index in [1.54, 1.807) is 31.3 Å². The number of nitrogens with one attached hydrogen (secondary N) is 2. The van der Waals surface area contributed by atoms with Crippen LogP contribution in [0.15, 0.2) is 42.5 Å². The molecule has 0 spiro atoms. The Labute approximate surface area is 115 Å². The maximum Gasteiger partial charge on any atom is 0.255 e. The monoisotopic (exact) mass is 278 g/mol. The predicted molar refractivity (Wildman–Crippen MR) is 75.4 cm³/mol. The Morgan fingerprint density at radius 1 is 1.11 bits per heavy atom. The van der Waals surface area contributed by atoms with Gasteiger partial charge in [-0.05, 0) is 42.5 Å². The van der Waals surface area contributed by atoms with Crippen molar-refractivity contribution in [3.8, 4) is 0 Å². The summed E-state index contributed by atoms with van der Waals surface area (Å²) in [5.41, 5.74) is 1.88. The second kappa shape index (κ2) is 5.71. The SMILES string of the molecule is CNc1ccc(C(=O)Nc2ccc(F)c(Cl)c2)cc1. The third-order valence-corrected chi connectivity index (χ3v) is 2.90. The van der Waals surface area contributed by atoms with Crippen LogP contribution in [0.5, 0.6) is 0 Å². The first-order valence-corrected chi connectivity index (χ1v) is 6.02. The van der Waals surface area contributed by atoms with Crippen molar-refractivity contribution in [2.45, 2.75) is 0 Å². The second-order valence-electron chi connectivity index (χ2n) is 3.91. The number of anilines is 2. The molecular formula is C14H12ClFN2O. The Morgan fingerprint density at radius 3 is 2.32 bits per heavy atom. The highest BCUT2D eigenvalue weighted by Gasteiger charge is 2.07. The third-order valence-electron chi connectivity index (χ3n) is 2.61. The molecule has 0 saturated heterocycles. The number of benzene rings is 2. The van der Waals surface area contributed by atoms with Crippen LogP contribution in [-0.2, 0) is 0 Å². The fourth-order valence-electron chi connectivity index (χ4n) is 1.57. The number of rotatable bonds is 3. The molecule has 0 aliphatic carbocycles. The van der Waals surface area contributed by atoms with Gasteiger partial charge in [0.1, 0.15) is 5.82 Å². The van der Waals surface area contributed by atoms with Gasteiger partial charge in [0.25, 0.3) is 5.91 Å². The van der Waals surface area contributed by atoms with Gasteiger partial charge in [0, 0.05) is 24.0 Å². The smallest absolute Gasteiger partial charge is 0.255 e. The van der Waals surface area contributed by atoms with Crippen molar-refractivity contribution in [2.24, 2.45) is 0 Å². The topological polar surface area (TPSA) is 41.1 Å². The zero-order chi connectivity index (χ0) is 13.8. The van der Waals surface area contributed by atoms with Crippen molar-refractivity contribution in [2.75, 3.05) is 17.7 Å². The van der Waals surface area contributed by atoms with Gasteiger partial charge < -0.3 is 10.6 Å². The minimum atomic E-state index is -0.516. The molecule has 0 radical (unpaired) electrons. The average Bonchev–Trinajstić information content (AvgIpc) is 2.43. The minimum absolute atomic E-state index is 0.0247. The first-order chi connectivity index (χ1) is 9.10. The summed E-state index contributed by atoms with van der Waals surface area (Å²) in [5, 5.41) is 5.59. The Kier molecular flexibility index (Phi) is 4.02. The largest absolute Gasteiger partial charge is 0.388 e. The second-order valence-corrected chi connectivity index (χ2v) is 4.32. The summed E-state index contributed by atoms with van der Waals surface area (Å²) >= 11 is 5.65. The van der Waals surface area contributed by atoms with E-state index in [4.69, 9.17) is 11.6 Å². The molecular weight excluding hydrogens is 267 g/mol. The Balaban J connectivity index is 2.13. The summed E-state index contributed by atoms with van der Waals surface area (Å²) in [6.45, 7) is 0. The number of carbonyl (C=O) groups excluding carboxylic acids is 1. The average molecular weight is 279 g/mol. The third kappa shape index (κ3) is 3.23. The summed E-state index contributed by atoms with van der Waals surface area (Å²) < 4.78 is 13.0. The van der Waals surface area contributed by atoms with Crippen LogP contribution in [-0.4, -0.2) is 13.0 Å².